The van der Waals surface area contributed by atoms with E-state index in [0.717, 1.165) is 0 Å². The number of rotatable bonds is 3. The smallest absolute Gasteiger partial charge is 0.255 e. The number of halogens is 1. The molecule has 3 aliphatic carbocycles. The van der Waals surface area contributed by atoms with Crippen LogP contribution in [0.3, 0.4) is 0 Å². The summed E-state index contributed by atoms with van der Waals surface area (Å²) < 4.78 is 16.1. The molecule has 1 aromatic carbocycles. The number of likely N-dealkylation sites (N-methyl/N-ethyl adjacent to an activating group) is 1. The fourth-order valence-electron chi connectivity index (χ4n) is 6.71. The Balaban J connectivity index is 1.68. The lowest BCUT2D eigenvalue weighted by Gasteiger charge is -2.46. The highest BCUT2D eigenvalue weighted by Crippen LogP contribution is 2.54. The number of aliphatic hydroxyl groups is 3. The molecule has 1 aliphatic heterocycles. The molecule has 2 amide bonds. The molecule has 208 valence electrons. The van der Waals surface area contributed by atoms with E-state index in [1.54, 1.807) is 11.9 Å². The number of phenols is 1. The topological polar surface area (TPSA) is 190 Å². The van der Waals surface area contributed by atoms with E-state index in [9.17, 15) is 39.6 Å². The Morgan fingerprint density at radius 2 is 1.87 bits per heavy atom. The Bertz CT molecular complexity index is 1430. The molecule has 1 aromatic rings. The molecule has 0 aromatic heterocycles. The number of anilines is 1. The Hall–Kier alpha value is -3.77. The Morgan fingerprint density at radius 1 is 1.21 bits per heavy atom. The summed E-state index contributed by atoms with van der Waals surface area (Å²) in [6.45, 7) is 3.79. The summed E-state index contributed by atoms with van der Waals surface area (Å²) in [5.74, 6) is -9.27. The Kier molecular flexibility index (Phi) is 6.11. The second-order valence-corrected chi connectivity index (χ2v) is 11.0. The lowest BCUT2D eigenvalue weighted by molar-refractivity contribution is -0.147. The minimum atomic E-state index is -2.71. The molecule has 0 spiro atoms. The van der Waals surface area contributed by atoms with Crippen molar-refractivity contribution in [2.75, 3.05) is 12.4 Å². The summed E-state index contributed by atoms with van der Waals surface area (Å²) in [4.78, 5) is 52.7. The molecule has 1 saturated carbocycles. The van der Waals surface area contributed by atoms with Crippen LogP contribution in [0.1, 0.15) is 49.8 Å². The maximum Gasteiger partial charge on any atom is 0.255 e. The van der Waals surface area contributed by atoms with Gasteiger partial charge in [-0.15, -0.1) is 0 Å². The van der Waals surface area contributed by atoms with Crippen LogP contribution in [0.2, 0.25) is 0 Å². The second kappa shape index (κ2) is 8.88. The van der Waals surface area contributed by atoms with E-state index in [-0.39, 0.29) is 47.7 Å². The standard InChI is InChI=1S/C27H30FN3O8/c1-4-9(2)20-26(38)30-19-13(8-31(20)3)18(28)12-6-10-5-11-7-14(32)17(25(29)37)24(36)27(11,39)23(35)15(10)21(33)16(12)22(19)34/h9-11,20,33-34,36,39H,4-8H2,1-3H3,(H2,29,37)(H,30,38)/t9?,10-,11+,20-,27+/m1/s1. The maximum atomic E-state index is 16.1. The van der Waals surface area contributed by atoms with Gasteiger partial charge in [0.05, 0.1) is 17.3 Å². The number of Topliss-reactive ketones (excluding diaryl/α,β-unsaturated/α-hetero) is 2. The number of aromatic hydroxyl groups is 1. The molecule has 5 rings (SSSR count). The van der Waals surface area contributed by atoms with E-state index in [1.807, 2.05) is 13.8 Å². The average Bonchev–Trinajstić information content (AvgIpc) is 2.99. The largest absolute Gasteiger partial charge is 0.508 e. The molecule has 7 N–H and O–H groups in total. The molecule has 0 bridgehead atoms. The number of ketones is 2. The van der Waals surface area contributed by atoms with E-state index in [1.165, 1.54) is 0 Å². The number of nitrogens with zero attached hydrogens (tertiary/aromatic N) is 1. The van der Waals surface area contributed by atoms with Crippen LogP contribution in [0.5, 0.6) is 5.75 Å². The van der Waals surface area contributed by atoms with Gasteiger partial charge in [0.1, 0.15) is 22.9 Å². The number of primary amides is 1. The third kappa shape index (κ3) is 3.54. The van der Waals surface area contributed by atoms with Crippen LogP contribution in [-0.4, -0.2) is 67.4 Å². The molecule has 1 unspecified atom stereocenters. The third-order valence-corrected chi connectivity index (χ3v) is 8.85. The molecule has 12 heteroatoms. The third-order valence-electron chi connectivity index (χ3n) is 8.85. The first kappa shape index (κ1) is 26.8. The predicted octanol–water partition coefficient (Wildman–Crippen LogP) is 1.36. The number of benzene rings is 1. The summed E-state index contributed by atoms with van der Waals surface area (Å²) >= 11 is 0. The van der Waals surface area contributed by atoms with Crippen LogP contribution < -0.4 is 11.1 Å². The zero-order chi connectivity index (χ0) is 28.7. The summed E-state index contributed by atoms with van der Waals surface area (Å²) in [7, 11) is 1.68. The van der Waals surface area contributed by atoms with Crippen molar-refractivity contribution in [3.05, 3.63) is 39.4 Å². The number of amides is 2. The van der Waals surface area contributed by atoms with Gasteiger partial charge in [-0.1, -0.05) is 20.3 Å². The first-order chi connectivity index (χ1) is 18.2. The molecular formula is C27H30FN3O8. The van der Waals surface area contributed by atoms with Gasteiger partial charge in [0.15, 0.2) is 17.1 Å². The van der Waals surface area contributed by atoms with Gasteiger partial charge < -0.3 is 31.5 Å². The quantitative estimate of drug-likeness (QED) is 0.241. The SMILES string of the molecule is CCC(C)[C@@H]1C(=O)Nc2c(O)c3c(c(F)c2CN1C)C[C@H]1C[C@H]2CC(=O)C(C(N)=O)=C(O)[C@@]2(O)C(=O)C1=C3O. The van der Waals surface area contributed by atoms with Gasteiger partial charge in [-0.3, -0.25) is 24.1 Å². The van der Waals surface area contributed by atoms with Gasteiger partial charge >= 0.3 is 0 Å². The van der Waals surface area contributed by atoms with Gasteiger partial charge in [-0.05, 0) is 31.7 Å². The molecule has 5 atom stereocenters. The number of fused-ring (bicyclic) bond motifs is 4. The first-order valence-electron chi connectivity index (χ1n) is 12.8. The van der Waals surface area contributed by atoms with Crippen molar-refractivity contribution in [1.82, 2.24) is 4.90 Å². The number of nitrogens with one attached hydrogen (secondary N) is 1. The van der Waals surface area contributed by atoms with Crippen molar-refractivity contribution in [3.8, 4) is 5.75 Å². The van der Waals surface area contributed by atoms with E-state index >= 15 is 4.39 Å². The van der Waals surface area contributed by atoms with Gasteiger partial charge in [0, 0.05) is 35.6 Å². The fourth-order valence-corrected chi connectivity index (χ4v) is 6.71. The fraction of sp³-hybridized carbons (Fsp3) is 0.481. The van der Waals surface area contributed by atoms with Gasteiger partial charge in [-0.2, -0.15) is 0 Å². The van der Waals surface area contributed by atoms with Crippen LogP contribution in [0, 0.1) is 23.6 Å². The molecular weight excluding hydrogens is 513 g/mol. The summed E-state index contributed by atoms with van der Waals surface area (Å²) in [5, 5.41) is 47.1. The minimum Gasteiger partial charge on any atom is -0.508 e. The average molecular weight is 544 g/mol. The number of hydrogen-bond acceptors (Lipinski definition) is 9. The first-order valence-corrected chi connectivity index (χ1v) is 12.8. The van der Waals surface area contributed by atoms with Crippen LogP contribution in [0.4, 0.5) is 10.1 Å². The number of carbonyl (C=O) groups excluding carboxylic acids is 4. The van der Waals surface area contributed by atoms with Gasteiger partial charge in [0.25, 0.3) is 5.91 Å². The lowest BCUT2D eigenvalue weighted by Crippen LogP contribution is -2.58. The second-order valence-electron chi connectivity index (χ2n) is 11.0. The molecule has 4 aliphatic rings. The predicted molar refractivity (Wildman–Crippen MR) is 135 cm³/mol. The highest BCUT2D eigenvalue weighted by atomic mass is 19.1. The van der Waals surface area contributed by atoms with Crippen LogP contribution >= 0.6 is 0 Å². The van der Waals surface area contributed by atoms with E-state index in [2.05, 4.69) is 5.32 Å². The van der Waals surface area contributed by atoms with Crippen LogP contribution in [0.25, 0.3) is 5.76 Å². The van der Waals surface area contributed by atoms with E-state index < -0.39 is 87.5 Å². The van der Waals surface area contributed by atoms with E-state index in [4.69, 9.17) is 5.73 Å². The molecule has 1 heterocycles. The normalized spacial score (nSPS) is 29.7. The molecule has 0 radical (unpaired) electrons. The van der Waals surface area contributed by atoms with Crippen molar-refractivity contribution in [2.45, 2.75) is 57.7 Å². The van der Waals surface area contributed by atoms with Crippen molar-refractivity contribution in [2.24, 2.45) is 23.5 Å². The monoisotopic (exact) mass is 543 g/mol. The zero-order valence-corrected chi connectivity index (χ0v) is 21.7. The van der Waals surface area contributed by atoms with Gasteiger partial charge in [-0.25, -0.2) is 4.39 Å². The van der Waals surface area contributed by atoms with Crippen molar-refractivity contribution >= 4 is 34.8 Å². The van der Waals surface area contributed by atoms with Crippen LogP contribution in [0.15, 0.2) is 16.9 Å². The molecule has 1 fully saturated rings. The Labute approximate surface area is 222 Å². The molecule has 39 heavy (non-hydrogen) atoms. The molecule has 11 nitrogen and oxygen atoms in total. The number of carbonyl (C=O) groups is 4. The summed E-state index contributed by atoms with van der Waals surface area (Å²) in [6, 6.07) is -0.613. The number of aliphatic hydroxyl groups excluding tert-OH is 2. The number of hydrogen-bond donors (Lipinski definition) is 6. The lowest BCUT2D eigenvalue weighted by atomic mass is 9.59. The van der Waals surface area contributed by atoms with Crippen molar-refractivity contribution in [3.63, 3.8) is 0 Å². The van der Waals surface area contributed by atoms with Gasteiger partial charge in [0.2, 0.25) is 11.7 Å². The summed E-state index contributed by atoms with van der Waals surface area (Å²) in [5.41, 5.74) is 0.553. The minimum absolute atomic E-state index is 0.0118. The van der Waals surface area contributed by atoms with Crippen molar-refractivity contribution in [1.29, 1.82) is 0 Å². The number of nitrogens with two attached hydrogens (primary N) is 1. The van der Waals surface area contributed by atoms with Crippen LogP contribution in [-0.2, 0) is 32.1 Å². The van der Waals surface area contributed by atoms with Crippen molar-refractivity contribution < 1.29 is 44.0 Å². The summed E-state index contributed by atoms with van der Waals surface area (Å²) in [6.07, 6.45) is -0.0556. The van der Waals surface area contributed by atoms with E-state index in [0.29, 0.717) is 6.42 Å². The maximum absolute atomic E-state index is 16.1. The highest BCUT2D eigenvalue weighted by molar-refractivity contribution is 6.22. The number of phenolic OH excluding ortho intramolecular Hbond substituents is 1. The highest BCUT2D eigenvalue weighted by Gasteiger charge is 2.60. The molecule has 0 saturated heterocycles. The Morgan fingerprint density at radius 3 is 2.49 bits per heavy atom. The zero-order valence-electron chi connectivity index (χ0n) is 21.7.